The van der Waals surface area contributed by atoms with Crippen LogP contribution in [-0.2, 0) is 57.5 Å². The predicted molar refractivity (Wildman–Crippen MR) is 213 cm³/mol. The van der Waals surface area contributed by atoms with E-state index in [2.05, 4.69) is 33.9 Å². The summed E-state index contributed by atoms with van der Waals surface area (Å²) in [5.74, 6) is -15.7. The minimum absolute atomic E-state index is 0.355. The van der Waals surface area contributed by atoms with Crippen molar-refractivity contribution < 1.29 is 83.1 Å². The smallest absolute Gasteiger partial charge is 0.326 e. The second-order valence-electron chi connectivity index (χ2n) is 13.8. The summed E-state index contributed by atoms with van der Waals surface area (Å²) < 4.78 is 0. The van der Waals surface area contributed by atoms with E-state index in [1.807, 2.05) is 16.0 Å². The van der Waals surface area contributed by atoms with Gasteiger partial charge in [-0.25, -0.2) is 4.79 Å². The number of aliphatic carboxylic acids is 3. The van der Waals surface area contributed by atoms with Gasteiger partial charge in [-0.05, 0) is 25.2 Å². The first kappa shape index (κ1) is 55.9. The highest BCUT2D eigenvalue weighted by atomic mass is 32.1. The van der Waals surface area contributed by atoms with Gasteiger partial charge in [-0.1, -0.05) is 20.3 Å². The van der Waals surface area contributed by atoms with Crippen LogP contribution in [0.1, 0.15) is 65.2 Å². The van der Waals surface area contributed by atoms with E-state index in [4.69, 9.17) is 17.2 Å². The second kappa shape index (κ2) is 28.4. The molecule has 0 aromatic heterocycles. The largest absolute Gasteiger partial charge is 0.481 e. The summed E-state index contributed by atoms with van der Waals surface area (Å²) in [6.07, 6.45) is -4.32. The number of aliphatic hydroxyl groups is 2. The number of rotatable bonds is 31. The van der Waals surface area contributed by atoms with Gasteiger partial charge in [0.2, 0.25) is 53.2 Å². The van der Waals surface area contributed by atoms with Crippen molar-refractivity contribution in [3.63, 3.8) is 0 Å². The highest BCUT2D eigenvalue weighted by Gasteiger charge is 2.35. The molecule has 0 unspecified atom stereocenters. The minimum atomic E-state index is -2.01. The monoisotopic (exact) mass is 908 g/mol. The van der Waals surface area contributed by atoms with Gasteiger partial charge >= 0.3 is 17.9 Å². The lowest BCUT2D eigenvalue weighted by atomic mass is 9.97. The fourth-order valence-corrected chi connectivity index (χ4v) is 5.33. The van der Waals surface area contributed by atoms with Crippen LogP contribution in [-0.4, -0.2) is 164 Å². The molecule has 27 nitrogen and oxygen atoms in total. The van der Waals surface area contributed by atoms with Crippen LogP contribution in [0.15, 0.2) is 0 Å². The van der Waals surface area contributed by atoms with Gasteiger partial charge in [0.05, 0.1) is 19.6 Å². The Hall–Kier alpha value is -6.13. The van der Waals surface area contributed by atoms with E-state index < -0.39 is 189 Å². The molecule has 0 aromatic rings. The van der Waals surface area contributed by atoms with Crippen LogP contribution in [0.4, 0.5) is 0 Å². The number of nitrogens with one attached hydrogen (secondary N) is 7. The van der Waals surface area contributed by atoms with Crippen molar-refractivity contribution in [2.45, 2.75) is 114 Å². The van der Waals surface area contributed by atoms with Crippen LogP contribution in [0.5, 0.6) is 0 Å². The summed E-state index contributed by atoms with van der Waals surface area (Å²) in [5, 5.41) is 62.3. The molecule has 0 fully saturated rings. The molecule has 0 bridgehead atoms. The fraction of sp³-hybridized carbons (Fsp3) is 0.647. The Kier molecular flexibility index (Phi) is 25.6. The van der Waals surface area contributed by atoms with Crippen molar-refractivity contribution in [3.8, 4) is 0 Å². The Morgan fingerprint density at radius 3 is 1.34 bits per heavy atom. The minimum Gasteiger partial charge on any atom is -0.481 e. The van der Waals surface area contributed by atoms with Crippen LogP contribution in [0.3, 0.4) is 0 Å². The van der Waals surface area contributed by atoms with Gasteiger partial charge in [0.1, 0.15) is 48.3 Å². The van der Waals surface area contributed by atoms with Crippen molar-refractivity contribution >= 4 is 83.7 Å². The van der Waals surface area contributed by atoms with Gasteiger partial charge in [0, 0.05) is 25.0 Å². The Morgan fingerprint density at radius 2 is 0.919 bits per heavy atom. The third-order valence-corrected chi connectivity index (χ3v) is 9.22. The lowest BCUT2D eigenvalue weighted by molar-refractivity contribution is -0.144. The van der Waals surface area contributed by atoms with Crippen molar-refractivity contribution in [1.29, 1.82) is 0 Å². The first-order valence-electron chi connectivity index (χ1n) is 18.9. The molecule has 62 heavy (non-hydrogen) atoms. The van der Waals surface area contributed by atoms with Crippen molar-refractivity contribution in [3.05, 3.63) is 0 Å². The molecule has 0 spiro atoms. The van der Waals surface area contributed by atoms with Gasteiger partial charge in [-0.15, -0.1) is 0 Å². The Morgan fingerprint density at radius 1 is 0.516 bits per heavy atom. The van der Waals surface area contributed by atoms with Gasteiger partial charge < -0.3 is 80.0 Å². The second-order valence-corrected chi connectivity index (χ2v) is 14.1. The number of carboxylic acid groups (broad SMARTS) is 3. The molecule has 18 N–H and O–H groups in total. The van der Waals surface area contributed by atoms with Gasteiger partial charge in [-0.3, -0.25) is 52.7 Å². The third kappa shape index (κ3) is 20.9. The maximum Gasteiger partial charge on any atom is 0.326 e. The topological polar surface area (TPSA) is 468 Å². The zero-order valence-corrected chi connectivity index (χ0v) is 34.7. The number of primary amides is 2. The molecule has 0 aliphatic carbocycles. The summed E-state index contributed by atoms with van der Waals surface area (Å²) in [7, 11) is 0. The summed E-state index contributed by atoms with van der Waals surface area (Å²) in [6, 6.07) is -13.5. The summed E-state index contributed by atoms with van der Waals surface area (Å²) in [5.41, 5.74) is 15.8. The van der Waals surface area contributed by atoms with E-state index >= 15 is 0 Å². The molecule has 0 saturated heterocycles. The standard InChI is InChI=1S/C34H56N10O17S/c1-3-14(2)26(44-27(53)15(35)11-45)33(59)43-21(13-62)32(58)39-17(6-9-24(49)50)28(54)38-16(4-7-22(36)47)29(55)42-20(12-46)31(57)41-19(10-25(51)52)30(56)40-18(34(60)61)5-8-23(37)48/h14-21,26,45-46,62H,3-13,35H2,1-2H3,(H2,36,47)(H2,37,48)(H,38,54)(H,39,58)(H,40,56)(H,41,57)(H,42,55)(H,43,59)(H,44,53)(H,49,50)(H,51,52)(H,60,61)/t14-,15-,16-,17-,18-,19-,20-,21-,26-/m0/s1. The molecular weight excluding hydrogens is 852 g/mol. The Bertz CT molecular complexity index is 1650. The van der Waals surface area contributed by atoms with Crippen LogP contribution in [0.2, 0.25) is 0 Å². The van der Waals surface area contributed by atoms with Crippen LogP contribution >= 0.6 is 12.6 Å². The van der Waals surface area contributed by atoms with Crippen LogP contribution in [0.25, 0.3) is 0 Å². The Balaban J connectivity index is 6.34. The normalized spacial score (nSPS) is 15.2. The fourth-order valence-electron chi connectivity index (χ4n) is 5.08. The maximum atomic E-state index is 13.6. The van der Waals surface area contributed by atoms with E-state index in [1.54, 1.807) is 13.8 Å². The average molecular weight is 909 g/mol. The molecule has 9 amide bonds. The van der Waals surface area contributed by atoms with E-state index in [-0.39, 0.29) is 0 Å². The van der Waals surface area contributed by atoms with E-state index in [1.165, 1.54) is 0 Å². The Labute approximate surface area is 359 Å². The maximum absolute atomic E-state index is 13.6. The molecule has 0 aliphatic heterocycles. The molecule has 9 atom stereocenters. The average Bonchev–Trinajstić information content (AvgIpc) is 3.20. The van der Waals surface area contributed by atoms with Crippen LogP contribution < -0.4 is 54.4 Å². The summed E-state index contributed by atoms with van der Waals surface area (Å²) in [6.45, 7) is 1.34. The number of hydrogen-bond donors (Lipinski definition) is 16. The van der Waals surface area contributed by atoms with Crippen molar-refractivity contribution in [1.82, 2.24) is 37.2 Å². The zero-order chi connectivity index (χ0) is 47.9. The van der Waals surface area contributed by atoms with Gasteiger partial charge in [0.15, 0.2) is 0 Å². The number of aliphatic hydroxyl groups excluding tert-OH is 2. The molecule has 0 aliphatic rings. The predicted octanol–water partition coefficient (Wildman–Crippen LogP) is -7.38. The molecule has 0 aromatic carbocycles. The first-order valence-corrected chi connectivity index (χ1v) is 19.5. The molecule has 0 rings (SSSR count). The number of thiol groups is 1. The first-order chi connectivity index (χ1) is 28.9. The van der Waals surface area contributed by atoms with Gasteiger partial charge in [-0.2, -0.15) is 12.6 Å². The summed E-state index contributed by atoms with van der Waals surface area (Å²) >= 11 is 4.07. The number of carbonyl (C=O) groups is 12. The molecule has 350 valence electrons. The number of carbonyl (C=O) groups excluding carboxylic acids is 9. The molecular formula is C34H56N10O17S. The quantitative estimate of drug-likeness (QED) is 0.0287. The molecule has 0 radical (unpaired) electrons. The van der Waals surface area contributed by atoms with Crippen LogP contribution in [0, 0.1) is 5.92 Å². The van der Waals surface area contributed by atoms with Gasteiger partial charge in [0.25, 0.3) is 0 Å². The highest BCUT2D eigenvalue weighted by molar-refractivity contribution is 7.80. The SMILES string of the molecule is CC[C@H](C)[C@H](NC(=O)[C@@H](N)CO)C(=O)N[C@@H](CS)C(=O)N[C@@H](CCC(=O)O)C(=O)N[C@@H](CCC(N)=O)C(=O)N[C@@H](CO)C(=O)N[C@@H](CC(=O)O)C(=O)N[C@@H](CCC(N)=O)C(=O)O. The molecule has 0 saturated carbocycles. The molecule has 28 heteroatoms. The molecule has 0 heterocycles. The lowest BCUT2D eigenvalue weighted by Crippen LogP contribution is -2.61. The third-order valence-electron chi connectivity index (χ3n) is 8.86. The number of hydrogen-bond acceptors (Lipinski definition) is 16. The number of carboxylic acids is 3. The van der Waals surface area contributed by atoms with Crippen molar-refractivity contribution in [2.75, 3.05) is 19.0 Å². The highest BCUT2D eigenvalue weighted by Crippen LogP contribution is 2.10. The van der Waals surface area contributed by atoms with E-state index in [0.29, 0.717) is 6.42 Å². The van der Waals surface area contributed by atoms with Crippen molar-refractivity contribution in [2.24, 2.45) is 23.1 Å². The van der Waals surface area contributed by atoms with E-state index in [9.17, 15) is 83.1 Å². The number of amides is 9. The summed E-state index contributed by atoms with van der Waals surface area (Å²) in [4.78, 5) is 149. The number of nitrogens with two attached hydrogens (primary N) is 3. The lowest BCUT2D eigenvalue weighted by Gasteiger charge is -2.28. The zero-order valence-electron chi connectivity index (χ0n) is 33.8. The van der Waals surface area contributed by atoms with E-state index in [0.717, 1.165) is 0 Å².